The first-order valence-electron chi connectivity index (χ1n) is 6.37. The highest BCUT2D eigenvalue weighted by Gasteiger charge is 2.30. The number of hydrogen-bond acceptors (Lipinski definition) is 3. The van der Waals surface area contributed by atoms with Crippen LogP contribution in [0.1, 0.15) is 35.9 Å². The summed E-state index contributed by atoms with van der Waals surface area (Å²) in [6.45, 7) is 3.93. The first-order valence-corrected chi connectivity index (χ1v) is 6.75. The number of nitrogens with zero attached hydrogens (tertiary/aromatic N) is 3. The molecule has 0 spiro atoms. The number of aromatic nitrogens is 3. The Morgan fingerprint density at radius 2 is 2.32 bits per heavy atom. The van der Waals surface area contributed by atoms with E-state index in [1.807, 2.05) is 13.8 Å². The molecule has 1 fully saturated rings. The normalized spacial score (nSPS) is 16.6. The summed E-state index contributed by atoms with van der Waals surface area (Å²) in [7, 11) is 0. The topological polar surface area (TPSA) is 59.3 Å². The fraction of sp³-hybridized carbons (Fsp3) is 0.462. The molecule has 0 bridgehead atoms. The first kappa shape index (κ1) is 12.4. The third-order valence-electron chi connectivity index (χ3n) is 3.57. The molecule has 3 rings (SSSR count). The van der Waals surface area contributed by atoms with E-state index >= 15 is 0 Å². The number of carbonyl (C=O) groups excluding carboxylic acids is 1. The summed E-state index contributed by atoms with van der Waals surface area (Å²) in [4.78, 5) is 20.6. The lowest BCUT2D eigenvalue weighted by Crippen LogP contribution is -2.34. The van der Waals surface area contributed by atoms with Gasteiger partial charge < -0.3 is 5.32 Å². The van der Waals surface area contributed by atoms with Gasteiger partial charge >= 0.3 is 0 Å². The van der Waals surface area contributed by atoms with Crippen LogP contribution in [0.5, 0.6) is 0 Å². The first-order chi connectivity index (χ1) is 9.06. The van der Waals surface area contributed by atoms with Crippen LogP contribution >= 0.6 is 11.6 Å². The predicted octanol–water partition coefficient (Wildman–Crippen LogP) is 2.22. The van der Waals surface area contributed by atoms with E-state index in [2.05, 4.69) is 15.3 Å². The minimum Gasteiger partial charge on any atom is -0.348 e. The lowest BCUT2D eigenvalue weighted by molar-refractivity contribution is 0.0933. The van der Waals surface area contributed by atoms with Gasteiger partial charge in [-0.05, 0) is 38.7 Å². The molecule has 2 aromatic rings. The van der Waals surface area contributed by atoms with Gasteiger partial charge in [0.25, 0.3) is 5.91 Å². The van der Waals surface area contributed by atoms with Crippen LogP contribution in [-0.2, 0) is 0 Å². The summed E-state index contributed by atoms with van der Waals surface area (Å²) in [5.74, 6) is 0.423. The van der Waals surface area contributed by atoms with Crippen LogP contribution < -0.4 is 5.32 Å². The molecule has 1 saturated carbocycles. The van der Waals surface area contributed by atoms with Gasteiger partial charge in [-0.1, -0.05) is 11.6 Å². The SMILES string of the molecule is Cc1cc(Cl)nc2c(C(=O)NC(C)C3CC3)ncn12. The van der Waals surface area contributed by atoms with Crippen LogP contribution in [0.4, 0.5) is 0 Å². The maximum absolute atomic E-state index is 12.2. The van der Waals surface area contributed by atoms with E-state index in [-0.39, 0.29) is 11.9 Å². The van der Waals surface area contributed by atoms with Crippen molar-refractivity contribution in [3.8, 4) is 0 Å². The minimum atomic E-state index is -0.184. The monoisotopic (exact) mass is 278 g/mol. The number of carbonyl (C=O) groups is 1. The van der Waals surface area contributed by atoms with E-state index < -0.39 is 0 Å². The van der Waals surface area contributed by atoms with E-state index in [9.17, 15) is 4.79 Å². The zero-order valence-electron chi connectivity index (χ0n) is 10.9. The Morgan fingerprint density at radius 1 is 1.58 bits per heavy atom. The molecule has 5 nitrogen and oxygen atoms in total. The van der Waals surface area contributed by atoms with E-state index in [0.717, 1.165) is 5.69 Å². The van der Waals surface area contributed by atoms with E-state index in [4.69, 9.17) is 11.6 Å². The fourth-order valence-corrected chi connectivity index (χ4v) is 2.47. The molecule has 0 radical (unpaired) electrons. The van der Waals surface area contributed by atoms with Crippen LogP contribution in [0, 0.1) is 12.8 Å². The molecular formula is C13H15ClN4O. The van der Waals surface area contributed by atoms with Gasteiger partial charge in [-0.25, -0.2) is 9.97 Å². The summed E-state index contributed by atoms with van der Waals surface area (Å²) < 4.78 is 1.77. The van der Waals surface area contributed by atoms with Gasteiger partial charge in [0.1, 0.15) is 11.5 Å². The van der Waals surface area contributed by atoms with Crippen molar-refractivity contribution in [2.75, 3.05) is 0 Å². The molecule has 1 atom stereocenters. The Morgan fingerprint density at radius 3 is 3.00 bits per heavy atom. The molecule has 19 heavy (non-hydrogen) atoms. The fourth-order valence-electron chi connectivity index (χ4n) is 2.23. The van der Waals surface area contributed by atoms with Crippen molar-refractivity contribution in [2.45, 2.75) is 32.7 Å². The summed E-state index contributed by atoms with van der Waals surface area (Å²) in [6.07, 6.45) is 3.98. The molecule has 100 valence electrons. The molecule has 6 heteroatoms. The Bertz CT molecular complexity index is 647. The molecular weight excluding hydrogens is 264 g/mol. The van der Waals surface area contributed by atoms with Crippen molar-refractivity contribution in [3.05, 3.63) is 28.9 Å². The zero-order chi connectivity index (χ0) is 13.6. The second-order valence-corrected chi connectivity index (χ2v) is 5.49. The van der Waals surface area contributed by atoms with Crippen molar-refractivity contribution in [1.82, 2.24) is 19.7 Å². The summed E-state index contributed by atoms with van der Waals surface area (Å²) in [5.41, 5.74) is 1.74. The zero-order valence-corrected chi connectivity index (χ0v) is 11.6. The highest BCUT2D eigenvalue weighted by atomic mass is 35.5. The highest BCUT2D eigenvalue weighted by molar-refractivity contribution is 6.29. The Labute approximate surface area is 116 Å². The third kappa shape index (κ3) is 2.30. The number of aryl methyl sites for hydroxylation is 1. The van der Waals surface area contributed by atoms with Crippen LogP contribution in [0.2, 0.25) is 5.15 Å². The average molecular weight is 279 g/mol. The molecule has 2 aromatic heterocycles. The summed E-state index contributed by atoms with van der Waals surface area (Å²) in [5, 5.41) is 3.35. The lowest BCUT2D eigenvalue weighted by atomic mass is 10.2. The van der Waals surface area contributed by atoms with Crippen LogP contribution in [0.15, 0.2) is 12.4 Å². The number of fused-ring (bicyclic) bond motifs is 1. The molecule has 2 heterocycles. The van der Waals surface area contributed by atoms with Crippen molar-refractivity contribution in [1.29, 1.82) is 0 Å². The molecule has 1 aliphatic rings. The second kappa shape index (κ2) is 4.49. The van der Waals surface area contributed by atoms with Gasteiger partial charge in [0.2, 0.25) is 0 Å². The maximum atomic E-state index is 12.2. The Kier molecular flexibility index (Phi) is 2.93. The summed E-state index contributed by atoms with van der Waals surface area (Å²) in [6, 6.07) is 1.93. The van der Waals surface area contributed by atoms with Crippen LogP contribution in [0.25, 0.3) is 5.65 Å². The third-order valence-corrected chi connectivity index (χ3v) is 3.76. The quantitative estimate of drug-likeness (QED) is 0.876. The number of nitrogens with one attached hydrogen (secondary N) is 1. The molecule has 1 N–H and O–H groups in total. The molecule has 1 unspecified atom stereocenters. The molecule has 1 aliphatic carbocycles. The second-order valence-electron chi connectivity index (χ2n) is 5.11. The predicted molar refractivity (Wildman–Crippen MR) is 72.4 cm³/mol. The minimum absolute atomic E-state index is 0.184. The van der Waals surface area contributed by atoms with Gasteiger partial charge in [-0.15, -0.1) is 0 Å². The highest BCUT2D eigenvalue weighted by Crippen LogP contribution is 2.32. The van der Waals surface area contributed by atoms with Gasteiger partial charge in [-0.3, -0.25) is 9.20 Å². The summed E-state index contributed by atoms with van der Waals surface area (Å²) >= 11 is 5.94. The number of amides is 1. The van der Waals surface area contributed by atoms with Gasteiger partial charge in [-0.2, -0.15) is 0 Å². The molecule has 0 aliphatic heterocycles. The molecule has 1 amide bonds. The number of rotatable bonds is 3. The van der Waals surface area contributed by atoms with Crippen molar-refractivity contribution < 1.29 is 4.79 Å². The number of hydrogen-bond donors (Lipinski definition) is 1. The number of halogens is 1. The van der Waals surface area contributed by atoms with Gasteiger partial charge in [0.05, 0.1) is 0 Å². The molecule has 0 aromatic carbocycles. The Balaban J connectivity index is 1.93. The van der Waals surface area contributed by atoms with Crippen molar-refractivity contribution in [2.24, 2.45) is 5.92 Å². The van der Waals surface area contributed by atoms with Crippen LogP contribution in [0.3, 0.4) is 0 Å². The van der Waals surface area contributed by atoms with E-state index in [1.165, 1.54) is 12.8 Å². The van der Waals surface area contributed by atoms with Gasteiger partial charge in [0.15, 0.2) is 11.3 Å². The van der Waals surface area contributed by atoms with E-state index in [0.29, 0.717) is 22.4 Å². The number of imidazole rings is 1. The van der Waals surface area contributed by atoms with Gasteiger partial charge in [0, 0.05) is 11.7 Å². The van der Waals surface area contributed by atoms with E-state index in [1.54, 1.807) is 16.8 Å². The molecule has 0 saturated heterocycles. The average Bonchev–Trinajstić information content (AvgIpc) is 3.09. The standard InChI is InChI=1S/C13H15ClN4O/c1-7-5-10(14)17-12-11(15-6-18(7)12)13(19)16-8(2)9-3-4-9/h5-6,8-9H,3-4H2,1-2H3,(H,16,19). The maximum Gasteiger partial charge on any atom is 0.274 e. The largest absolute Gasteiger partial charge is 0.348 e. The Hall–Kier alpha value is -1.62. The van der Waals surface area contributed by atoms with Crippen LogP contribution in [-0.4, -0.2) is 26.3 Å². The van der Waals surface area contributed by atoms with Crippen molar-refractivity contribution in [3.63, 3.8) is 0 Å². The van der Waals surface area contributed by atoms with Crippen molar-refractivity contribution >= 4 is 23.2 Å². The lowest BCUT2D eigenvalue weighted by Gasteiger charge is -2.11. The smallest absolute Gasteiger partial charge is 0.274 e.